The number of hydrogen-bond donors (Lipinski definition) is 2. The number of ether oxygens (including phenoxy) is 1. The predicted molar refractivity (Wildman–Crippen MR) is 70.2 cm³/mol. The minimum Gasteiger partial charge on any atom is -0.507 e. The average Bonchev–Trinajstić information content (AvgIpc) is 2.76. The maximum atomic E-state index is 12.1. The number of amides is 1. The van der Waals surface area contributed by atoms with Crippen LogP contribution in [0.3, 0.4) is 0 Å². The fourth-order valence-electron chi connectivity index (χ4n) is 2.12. The maximum Gasteiger partial charge on any atom is 0.340 e. The van der Waals surface area contributed by atoms with Gasteiger partial charge in [0, 0.05) is 5.56 Å². The molecule has 0 aliphatic carbocycles. The number of phenolic OH excluding ortho intramolecular Hbond substituents is 1. The van der Waals surface area contributed by atoms with Crippen LogP contribution in [0.5, 0.6) is 5.75 Å². The van der Waals surface area contributed by atoms with Crippen LogP contribution in [0.2, 0.25) is 0 Å². The summed E-state index contributed by atoms with van der Waals surface area (Å²) in [6.45, 7) is 0. The molecule has 1 atom stereocenters. The summed E-state index contributed by atoms with van der Waals surface area (Å²) in [6, 6.07) is 13.0. The maximum absolute atomic E-state index is 12.1. The van der Waals surface area contributed by atoms with Crippen LogP contribution in [0.15, 0.2) is 48.5 Å². The van der Waals surface area contributed by atoms with Crippen LogP contribution in [-0.2, 0) is 4.74 Å². The number of carbonyl (C=O) groups excluding carboxylic acids is 2. The Hall–Kier alpha value is -2.82. The third kappa shape index (κ3) is 1.99. The van der Waals surface area contributed by atoms with E-state index < -0.39 is 18.1 Å². The Kier molecular flexibility index (Phi) is 2.87. The highest BCUT2D eigenvalue weighted by Gasteiger charge is 2.32. The van der Waals surface area contributed by atoms with Crippen LogP contribution >= 0.6 is 0 Å². The monoisotopic (exact) mass is 269 g/mol. The summed E-state index contributed by atoms with van der Waals surface area (Å²) in [4.78, 5) is 23.7. The second-order valence-corrected chi connectivity index (χ2v) is 4.36. The lowest BCUT2D eigenvalue weighted by atomic mass is 10.1. The van der Waals surface area contributed by atoms with E-state index in [0.29, 0.717) is 11.1 Å². The first-order valence-electron chi connectivity index (χ1n) is 6.05. The molecule has 1 amide bonds. The van der Waals surface area contributed by atoms with Crippen molar-refractivity contribution in [2.24, 2.45) is 0 Å². The zero-order chi connectivity index (χ0) is 14.1. The van der Waals surface area contributed by atoms with Crippen LogP contribution < -0.4 is 5.32 Å². The summed E-state index contributed by atoms with van der Waals surface area (Å²) in [5.74, 6) is -1.09. The van der Waals surface area contributed by atoms with Gasteiger partial charge in [-0.15, -0.1) is 0 Å². The molecule has 1 unspecified atom stereocenters. The number of rotatable bonds is 2. The standard InChI is InChI=1S/C15H11NO4/c17-12-8-4-3-7-11(12)13(18)16-14-9-5-1-2-6-10(9)15(19)20-14/h1-8,14,17H,(H,16,18). The second kappa shape index (κ2) is 4.70. The molecular formula is C15H11NO4. The van der Waals surface area contributed by atoms with Crippen molar-refractivity contribution in [1.82, 2.24) is 5.32 Å². The first-order valence-corrected chi connectivity index (χ1v) is 6.05. The van der Waals surface area contributed by atoms with Gasteiger partial charge in [0.05, 0.1) is 11.1 Å². The average molecular weight is 269 g/mol. The summed E-state index contributed by atoms with van der Waals surface area (Å²) in [5, 5.41) is 12.2. The molecule has 1 heterocycles. The largest absolute Gasteiger partial charge is 0.507 e. The Labute approximate surface area is 114 Å². The normalized spacial score (nSPS) is 16.4. The van der Waals surface area contributed by atoms with Crippen LogP contribution in [0, 0.1) is 0 Å². The molecule has 0 fully saturated rings. The van der Waals surface area contributed by atoms with Gasteiger partial charge in [0.1, 0.15) is 5.75 Å². The van der Waals surface area contributed by atoms with Crippen LogP contribution in [0.25, 0.3) is 0 Å². The van der Waals surface area contributed by atoms with Crippen molar-refractivity contribution in [2.75, 3.05) is 0 Å². The second-order valence-electron chi connectivity index (χ2n) is 4.36. The minimum absolute atomic E-state index is 0.123. The van der Waals surface area contributed by atoms with Gasteiger partial charge < -0.3 is 15.2 Å². The highest BCUT2D eigenvalue weighted by atomic mass is 16.6. The molecule has 20 heavy (non-hydrogen) atoms. The molecule has 1 aliphatic heterocycles. The van der Waals surface area contributed by atoms with Crippen LogP contribution in [0.1, 0.15) is 32.5 Å². The molecule has 0 bridgehead atoms. The molecule has 0 saturated heterocycles. The van der Waals surface area contributed by atoms with Gasteiger partial charge in [0.25, 0.3) is 5.91 Å². The lowest BCUT2D eigenvalue weighted by Crippen LogP contribution is -2.28. The van der Waals surface area contributed by atoms with E-state index in [1.807, 2.05) is 0 Å². The summed E-state index contributed by atoms with van der Waals surface area (Å²) in [7, 11) is 0. The van der Waals surface area contributed by atoms with E-state index in [0.717, 1.165) is 0 Å². The van der Waals surface area contributed by atoms with E-state index in [-0.39, 0.29) is 11.3 Å². The Morgan fingerprint density at radius 2 is 1.80 bits per heavy atom. The van der Waals surface area contributed by atoms with Gasteiger partial charge >= 0.3 is 5.97 Å². The summed E-state index contributed by atoms with van der Waals surface area (Å²) in [5.41, 5.74) is 1.18. The number of para-hydroxylation sites is 1. The molecule has 0 aromatic heterocycles. The number of fused-ring (bicyclic) bond motifs is 1. The number of hydrogen-bond acceptors (Lipinski definition) is 4. The number of aromatic hydroxyl groups is 1. The van der Waals surface area contributed by atoms with Crippen molar-refractivity contribution >= 4 is 11.9 Å². The fraction of sp³-hybridized carbons (Fsp3) is 0.0667. The van der Waals surface area contributed by atoms with Gasteiger partial charge in [-0.3, -0.25) is 4.79 Å². The molecule has 3 rings (SSSR count). The van der Waals surface area contributed by atoms with E-state index in [4.69, 9.17) is 4.74 Å². The molecule has 2 aromatic rings. The SMILES string of the molecule is O=C(NC1OC(=O)c2ccccc21)c1ccccc1O. The first kappa shape index (κ1) is 12.2. The fourth-order valence-corrected chi connectivity index (χ4v) is 2.12. The van der Waals surface area contributed by atoms with Crippen molar-refractivity contribution in [3.63, 3.8) is 0 Å². The molecule has 2 aromatic carbocycles. The van der Waals surface area contributed by atoms with Crippen molar-refractivity contribution in [1.29, 1.82) is 0 Å². The minimum atomic E-state index is -0.828. The third-order valence-corrected chi connectivity index (χ3v) is 3.10. The van der Waals surface area contributed by atoms with Crippen molar-refractivity contribution in [3.8, 4) is 5.75 Å². The van der Waals surface area contributed by atoms with Gasteiger partial charge in [0.2, 0.25) is 6.23 Å². The smallest absolute Gasteiger partial charge is 0.340 e. The quantitative estimate of drug-likeness (QED) is 0.817. The molecule has 5 nitrogen and oxygen atoms in total. The number of phenols is 1. The summed E-state index contributed by atoms with van der Waals surface area (Å²) in [6.07, 6.45) is -0.828. The molecule has 0 spiro atoms. The topological polar surface area (TPSA) is 75.6 Å². The number of cyclic esters (lactones) is 1. The van der Waals surface area contributed by atoms with E-state index >= 15 is 0 Å². The Balaban J connectivity index is 1.85. The number of carbonyl (C=O) groups is 2. The molecule has 2 N–H and O–H groups in total. The Morgan fingerprint density at radius 1 is 1.10 bits per heavy atom. The number of nitrogens with one attached hydrogen (secondary N) is 1. The van der Waals surface area contributed by atoms with E-state index in [1.54, 1.807) is 36.4 Å². The Morgan fingerprint density at radius 3 is 2.60 bits per heavy atom. The Bertz CT molecular complexity index is 696. The van der Waals surface area contributed by atoms with Gasteiger partial charge in [0.15, 0.2) is 0 Å². The highest BCUT2D eigenvalue weighted by Crippen LogP contribution is 2.29. The summed E-state index contributed by atoms with van der Waals surface area (Å²) < 4.78 is 5.11. The van der Waals surface area contributed by atoms with Gasteiger partial charge in [-0.05, 0) is 18.2 Å². The predicted octanol–water partition coefficient (Wildman–Crippen LogP) is 1.99. The molecule has 0 radical (unpaired) electrons. The van der Waals surface area contributed by atoms with Crippen LogP contribution in [-0.4, -0.2) is 17.0 Å². The van der Waals surface area contributed by atoms with Crippen molar-refractivity contribution < 1.29 is 19.4 Å². The molecule has 1 aliphatic rings. The molecule has 100 valence electrons. The van der Waals surface area contributed by atoms with Gasteiger partial charge in [-0.2, -0.15) is 0 Å². The highest BCUT2D eigenvalue weighted by molar-refractivity contribution is 5.98. The summed E-state index contributed by atoms with van der Waals surface area (Å²) >= 11 is 0. The lowest BCUT2D eigenvalue weighted by molar-refractivity contribution is 0.0303. The van der Waals surface area contributed by atoms with Crippen LogP contribution in [0.4, 0.5) is 0 Å². The van der Waals surface area contributed by atoms with Gasteiger partial charge in [-0.1, -0.05) is 30.3 Å². The first-order chi connectivity index (χ1) is 9.66. The lowest BCUT2D eigenvalue weighted by Gasteiger charge is -2.13. The van der Waals surface area contributed by atoms with E-state index in [1.165, 1.54) is 12.1 Å². The van der Waals surface area contributed by atoms with E-state index in [9.17, 15) is 14.7 Å². The zero-order valence-corrected chi connectivity index (χ0v) is 10.4. The number of esters is 1. The third-order valence-electron chi connectivity index (χ3n) is 3.10. The molecule has 0 saturated carbocycles. The zero-order valence-electron chi connectivity index (χ0n) is 10.4. The molecule has 5 heteroatoms. The molecular weight excluding hydrogens is 258 g/mol. The van der Waals surface area contributed by atoms with E-state index in [2.05, 4.69) is 5.32 Å². The number of benzene rings is 2. The van der Waals surface area contributed by atoms with Crippen molar-refractivity contribution in [2.45, 2.75) is 6.23 Å². The van der Waals surface area contributed by atoms with Crippen molar-refractivity contribution in [3.05, 3.63) is 65.2 Å². The van der Waals surface area contributed by atoms with Gasteiger partial charge in [-0.25, -0.2) is 4.79 Å².